The van der Waals surface area contributed by atoms with Gasteiger partial charge in [0.25, 0.3) is 0 Å². The van der Waals surface area contributed by atoms with Crippen LogP contribution in [0, 0.1) is 0 Å². The molecule has 3 N–H and O–H groups in total. The lowest BCUT2D eigenvalue weighted by Crippen LogP contribution is -2.67. The molecule has 0 unspecified atom stereocenters. The smallest absolute Gasteiger partial charge is 0.408 e. The molecule has 1 saturated heterocycles. The van der Waals surface area contributed by atoms with E-state index in [1.165, 1.54) is 0 Å². The van der Waals surface area contributed by atoms with Crippen LogP contribution < -0.4 is 16.0 Å². The van der Waals surface area contributed by atoms with E-state index in [4.69, 9.17) is 4.74 Å². The molecule has 1 saturated carbocycles. The Hall–Kier alpha value is -1.30. The van der Waals surface area contributed by atoms with Crippen molar-refractivity contribution in [2.45, 2.75) is 76.5 Å². The highest BCUT2D eigenvalue weighted by atomic mass is 16.6. The lowest BCUT2D eigenvalue weighted by atomic mass is 9.75. The minimum absolute atomic E-state index is 0.0750. The first kappa shape index (κ1) is 17.1. The van der Waals surface area contributed by atoms with Crippen molar-refractivity contribution in [2.24, 2.45) is 0 Å². The van der Waals surface area contributed by atoms with E-state index < -0.39 is 17.2 Å². The predicted octanol–water partition coefficient (Wildman–Crippen LogP) is 1.69. The third-order valence-corrected chi connectivity index (χ3v) is 4.50. The van der Waals surface area contributed by atoms with Gasteiger partial charge in [-0.05, 0) is 72.9 Å². The molecule has 126 valence electrons. The van der Waals surface area contributed by atoms with Crippen LogP contribution in [0.25, 0.3) is 0 Å². The van der Waals surface area contributed by atoms with Gasteiger partial charge in [0, 0.05) is 5.54 Å². The summed E-state index contributed by atoms with van der Waals surface area (Å²) >= 11 is 0. The Kier molecular flexibility index (Phi) is 4.70. The Morgan fingerprint density at radius 1 is 1.05 bits per heavy atom. The molecule has 2 fully saturated rings. The van der Waals surface area contributed by atoms with Gasteiger partial charge in [-0.2, -0.15) is 0 Å². The summed E-state index contributed by atoms with van der Waals surface area (Å²) in [5, 5.41) is 9.26. The fourth-order valence-electron chi connectivity index (χ4n) is 2.94. The van der Waals surface area contributed by atoms with E-state index in [0.717, 1.165) is 32.4 Å². The molecule has 0 aromatic heterocycles. The van der Waals surface area contributed by atoms with Crippen LogP contribution in [0.5, 0.6) is 0 Å². The Labute approximate surface area is 132 Å². The molecule has 2 rings (SSSR count). The molecule has 0 bridgehead atoms. The number of amides is 2. The molecule has 6 heteroatoms. The molecule has 0 atom stereocenters. The topological polar surface area (TPSA) is 79.5 Å². The quantitative estimate of drug-likeness (QED) is 0.741. The van der Waals surface area contributed by atoms with Crippen molar-refractivity contribution in [1.82, 2.24) is 16.0 Å². The van der Waals surface area contributed by atoms with E-state index in [9.17, 15) is 9.59 Å². The molecule has 0 aromatic rings. The Morgan fingerprint density at radius 2 is 1.64 bits per heavy atom. The van der Waals surface area contributed by atoms with Crippen LogP contribution in [-0.4, -0.2) is 41.8 Å². The third kappa shape index (κ3) is 4.12. The maximum Gasteiger partial charge on any atom is 0.408 e. The number of piperidine rings is 1. The molecule has 1 heterocycles. The summed E-state index contributed by atoms with van der Waals surface area (Å²) in [4.78, 5) is 24.7. The van der Waals surface area contributed by atoms with E-state index in [0.29, 0.717) is 12.8 Å². The monoisotopic (exact) mass is 311 g/mol. The largest absolute Gasteiger partial charge is 0.444 e. The van der Waals surface area contributed by atoms with E-state index in [1.807, 2.05) is 20.8 Å². The molecule has 1 aliphatic carbocycles. The number of rotatable bonds is 3. The highest BCUT2D eigenvalue weighted by Gasteiger charge is 2.48. The van der Waals surface area contributed by atoms with Crippen LogP contribution in [0.15, 0.2) is 0 Å². The molecular weight excluding hydrogens is 282 g/mol. The Bertz CT molecular complexity index is 432. The second kappa shape index (κ2) is 6.07. The number of carbonyl (C=O) groups excluding carboxylic acids is 2. The molecule has 1 aliphatic heterocycles. The maximum absolute atomic E-state index is 12.7. The first-order valence-electron chi connectivity index (χ1n) is 8.19. The van der Waals surface area contributed by atoms with Crippen molar-refractivity contribution in [3.8, 4) is 0 Å². The fraction of sp³-hybridized carbons (Fsp3) is 0.875. The lowest BCUT2D eigenvalue weighted by Gasteiger charge is -2.44. The predicted molar refractivity (Wildman–Crippen MR) is 84.6 cm³/mol. The first-order chi connectivity index (χ1) is 10.1. The van der Waals surface area contributed by atoms with Gasteiger partial charge in [-0.15, -0.1) is 0 Å². The number of carbonyl (C=O) groups is 2. The van der Waals surface area contributed by atoms with E-state index in [2.05, 4.69) is 22.9 Å². The average molecular weight is 311 g/mol. The summed E-state index contributed by atoms with van der Waals surface area (Å²) in [7, 11) is 0. The lowest BCUT2D eigenvalue weighted by molar-refractivity contribution is -0.133. The van der Waals surface area contributed by atoms with Gasteiger partial charge >= 0.3 is 6.09 Å². The molecular formula is C16H29N3O3. The van der Waals surface area contributed by atoms with E-state index >= 15 is 0 Å². The summed E-state index contributed by atoms with van der Waals surface area (Å²) < 4.78 is 5.29. The van der Waals surface area contributed by atoms with Crippen molar-refractivity contribution < 1.29 is 14.3 Å². The van der Waals surface area contributed by atoms with E-state index in [-0.39, 0.29) is 11.4 Å². The van der Waals surface area contributed by atoms with Crippen molar-refractivity contribution in [2.75, 3.05) is 13.1 Å². The number of hydrogen-bond acceptors (Lipinski definition) is 4. The third-order valence-electron chi connectivity index (χ3n) is 4.50. The zero-order valence-electron chi connectivity index (χ0n) is 14.2. The van der Waals surface area contributed by atoms with Crippen LogP contribution in [0.1, 0.15) is 59.8 Å². The fourth-order valence-corrected chi connectivity index (χ4v) is 2.94. The number of nitrogens with one attached hydrogen (secondary N) is 3. The van der Waals surface area contributed by atoms with Crippen LogP contribution in [0.2, 0.25) is 0 Å². The molecule has 22 heavy (non-hydrogen) atoms. The summed E-state index contributed by atoms with van der Waals surface area (Å²) in [5.74, 6) is -0.0750. The summed E-state index contributed by atoms with van der Waals surface area (Å²) in [6.07, 6.45) is 3.58. The maximum atomic E-state index is 12.7. The van der Waals surface area contributed by atoms with Gasteiger partial charge in [0.05, 0.1) is 0 Å². The van der Waals surface area contributed by atoms with Crippen LogP contribution in [-0.2, 0) is 9.53 Å². The van der Waals surface area contributed by atoms with Crippen molar-refractivity contribution >= 4 is 12.0 Å². The standard InChI is InChI=1S/C16H29N3O3/c1-14(2,3)22-13(21)19-16(6-5-7-16)12(20)18-15(4)8-10-17-11-9-15/h17H,5-11H2,1-4H3,(H,18,20)(H,19,21). The minimum atomic E-state index is -0.795. The Balaban J connectivity index is 1.97. The second-order valence-corrected chi connectivity index (χ2v) is 7.83. The van der Waals surface area contributed by atoms with Gasteiger partial charge < -0.3 is 20.7 Å². The summed E-state index contributed by atoms with van der Waals surface area (Å²) in [6.45, 7) is 9.33. The number of hydrogen-bond donors (Lipinski definition) is 3. The summed E-state index contributed by atoms with van der Waals surface area (Å²) in [6, 6.07) is 0. The SMILES string of the molecule is CC1(NC(=O)C2(NC(=O)OC(C)(C)C)CCC2)CCNCC1. The average Bonchev–Trinajstić information content (AvgIpc) is 2.31. The van der Waals surface area contributed by atoms with Crippen LogP contribution in [0.3, 0.4) is 0 Å². The Morgan fingerprint density at radius 3 is 2.09 bits per heavy atom. The molecule has 2 amide bonds. The van der Waals surface area contributed by atoms with Gasteiger partial charge in [0.2, 0.25) is 5.91 Å². The minimum Gasteiger partial charge on any atom is -0.444 e. The normalized spacial score (nSPS) is 23.1. The molecule has 0 aromatic carbocycles. The van der Waals surface area contributed by atoms with Crippen molar-refractivity contribution in [3.63, 3.8) is 0 Å². The zero-order chi connectivity index (χ0) is 16.4. The second-order valence-electron chi connectivity index (χ2n) is 7.83. The van der Waals surface area contributed by atoms with Crippen LogP contribution >= 0.6 is 0 Å². The zero-order valence-corrected chi connectivity index (χ0v) is 14.2. The van der Waals surface area contributed by atoms with Gasteiger partial charge in [0.1, 0.15) is 11.1 Å². The molecule has 0 spiro atoms. The first-order valence-corrected chi connectivity index (χ1v) is 8.19. The molecule has 2 aliphatic rings. The highest BCUT2D eigenvalue weighted by Crippen LogP contribution is 2.33. The van der Waals surface area contributed by atoms with Gasteiger partial charge in [-0.3, -0.25) is 4.79 Å². The summed E-state index contributed by atoms with van der Waals surface area (Å²) in [5.41, 5.74) is -1.55. The molecule has 0 radical (unpaired) electrons. The number of ether oxygens (including phenoxy) is 1. The number of alkyl carbamates (subject to hydrolysis) is 1. The van der Waals surface area contributed by atoms with Crippen LogP contribution in [0.4, 0.5) is 4.79 Å². The van der Waals surface area contributed by atoms with Gasteiger partial charge in [0.15, 0.2) is 0 Å². The highest BCUT2D eigenvalue weighted by molar-refractivity contribution is 5.91. The van der Waals surface area contributed by atoms with Crippen molar-refractivity contribution in [3.05, 3.63) is 0 Å². The van der Waals surface area contributed by atoms with Crippen molar-refractivity contribution in [1.29, 1.82) is 0 Å². The molecule has 6 nitrogen and oxygen atoms in total. The van der Waals surface area contributed by atoms with Gasteiger partial charge in [-0.25, -0.2) is 4.79 Å². The van der Waals surface area contributed by atoms with Gasteiger partial charge in [-0.1, -0.05) is 0 Å². The van der Waals surface area contributed by atoms with E-state index in [1.54, 1.807) is 0 Å².